The molecule has 0 spiro atoms. The molecule has 1 amide bonds. The average Bonchev–Trinajstić information content (AvgIpc) is 3.14. The highest BCUT2D eigenvalue weighted by atomic mass is 32.1. The van der Waals surface area contributed by atoms with Crippen LogP contribution in [0.2, 0.25) is 0 Å². The quantitative estimate of drug-likeness (QED) is 0.631. The molecule has 0 unspecified atom stereocenters. The number of hydrogen-bond acceptors (Lipinski definition) is 5. The summed E-state index contributed by atoms with van der Waals surface area (Å²) in [5.41, 5.74) is 2.37. The van der Waals surface area contributed by atoms with Gasteiger partial charge in [0.25, 0.3) is 11.6 Å². The van der Waals surface area contributed by atoms with Gasteiger partial charge in [0.05, 0.1) is 36.7 Å². The Morgan fingerprint density at radius 3 is 2.62 bits per heavy atom. The second-order valence-corrected chi connectivity index (χ2v) is 7.48. The molecule has 8 heteroatoms. The Balaban J connectivity index is 1.71. The summed E-state index contributed by atoms with van der Waals surface area (Å²) in [7, 11) is 3.67. The molecule has 1 aliphatic heterocycles. The van der Waals surface area contributed by atoms with E-state index in [9.17, 15) is 14.9 Å². The van der Waals surface area contributed by atoms with E-state index in [1.165, 1.54) is 22.6 Å². The highest BCUT2D eigenvalue weighted by Gasteiger charge is 2.27. The zero-order valence-corrected chi connectivity index (χ0v) is 15.8. The number of rotatable bonds is 5. The first-order valence-electron chi connectivity index (χ1n) is 8.55. The minimum atomic E-state index is -0.459. The molecule has 1 N–H and O–H groups in total. The number of nitrogens with one attached hydrogen (secondary N) is 1. The number of amides is 1. The van der Waals surface area contributed by atoms with Crippen LogP contribution in [0, 0.1) is 10.1 Å². The van der Waals surface area contributed by atoms with Crippen molar-refractivity contribution in [3.05, 3.63) is 56.3 Å². The zero-order chi connectivity index (χ0) is 18.7. The van der Waals surface area contributed by atoms with Gasteiger partial charge in [0.2, 0.25) is 0 Å². The highest BCUT2D eigenvalue weighted by molar-refractivity contribution is 7.07. The first-order chi connectivity index (χ1) is 12.5. The van der Waals surface area contributed by atoms with E-state index in [4.69, 9.17) is 0 Å². The Morgan fingerprint density at radius 1 is 1.31 bits per heavy atom. The molecule has 2 aromatic rings. The van der Waals surface area contributed by atoms with Crippen LogP contribution in [0.1, 0.15) is 15.9 Å². The topological polar surface area (TPSA) is 71.1 Å². The molecule has 0 atom stereocenters. The number of thiophene rings is 1. The fraction of sp³-hybridized carbons (Fsp3) is 0.389. The van der Waals surface area contributed by atoms with Gasteiger partial charge in [-0.1, -0.05) is 0 Å². The van der Waals surface area contributed by atoms with Crippen molar-refractivity contribution >= 4 is 28.6 Å². The molecule has 2 heterocycles. The van der Waals surface area contributed by atoms with Crippen molar-refractivity contribution in [1.29, 1.82) is 0 Å². The predicted molar refractivity (Wildman–Crippen MR) is 102 cm³/mol. The standard InChI is InChI=1S/C18H22N4O3S/c1-19(2)17-4-3-15(22(24)25)11-16(17)18(23)21-8-6-20(7-9-21)12-14-5-10-26-13-14/h3-5,10-11,13H,6-9,12H2,1-2H3/p+1. The summed E-state index contributed by atoms with van der Waals surface area (Å²) in [6.45, 7) is 4.06. The third-order valence-electron chi connectivity index (χ3n) is 4.70. The second kappa shape index (κ2) is 7.84. The van der Waals surface area contributed by atoms with Crippen molar-refractivity contribution in [2.45, 2.75) is 6.54 Å². The minimum Gasteiger partial charge on any atom is -0.377 e. The van der Waals surface area contributed by atoms with E-state index in [2.05, 4.69) is 16.8 Å². The smallest absolute Gasteiger partial charge is 0.270 e. The number of piperazine rings is 1. The number of benzene rings is 1. The van der Waals surface area contributed by atoms with Gasteiger partial charge in [-0.3, -0.25) is 14.9 Å². The molecule has 0 saturated carbocycles. The lowest BCUT2D eigenvalue weighted by molar-refractivity contribution is -0.917. The van der Waals surface area contributed by atoms with Crippen LogP contribution in [0.3, 0.4) is 0 Å². The fourth-order valence-electron chi connectivity index (χ4n) is 3.25. The summed E-state index contributed by atoms with van der Waals surface area (Å²) in [6, 6.07) is 6.61. The molecule has 1 saturated heterocycles. The third-order valence-corrected chi connectivity index (χ3v) is 5.43. The Labute approximate surface area is 156 Å². The molecule has 3 rings (SSSR count). The molecule has 1 aromatic carbocycles. The minimum absolute atomic E-state index is 0.0549. The molecule has 138 valence electrons. The molecule has 1 aliphatic rings. The van der Waals surface area contributed by atoms with Gasteiger partial charge in [-0.05, 0) is 22.9 Å². The SMILES string of the molecule is CN(C)c1ccc([N+](=O)[O-])cc1C(=O)N1CC[NH+](Cc2ccsc2)CC1. The predicted octanol–water partition coefficient (Wildman–Crippen LogP) is 1.26. The molecule has 1 aromatic heterocycles. The number of quaternary nitrogens is 1. The van der Waals surface area contributed by atoms with Crippen LogP contribution >= 0.6 is 11.3 Å². The molecule has 7 nitrogen and oxygen atoms in total. The van der Waals surface area contributed by atoms with Crippen LogP contribution in [0.4, 0.5) is 11.4 Å². The van der Waals surface area contributed by atoms with Crippen molar-refractivity contribution in [3.63, 3.8) is 0 Å². The maximum atomic E-state index is 13.0. The first kappa shape index (κ1) is 18.3. The van der Waals surface area contributed by atoms with E-state index >= 15 is 0 Å². The first-order valence-corrected chi connectivity index (χ1v) is 9.49. The van der Waals surface area contributed by atoms with Crippen molar-refractivity contribution in [1.82, 2.24) is 4.90 Å². The number of non-ortho nitro benzene ring substituents is 1. The molecule has 0 aliphatic carbocycles. The van der Waals surface area contributed by atoms with Gasteiger partial charge >= 0.3 is 0 Å². The number of nitro groups is 1. The van der Waals surface area contributed by atoms with E-state index in [1.54, 1.807) is 17.4 Å². The lowest BCUT2D eigenvalue weighted by atomic mass is 10.1. The average molecular weight is 375 g/mol. The van der Waals surface area contributed by atoms with Crippen molar-refractivity contribution < 1.29 is 14.6 Å². The van der Waals surface area contributed by atoms with Crippen molar-refractivity contribution in [2.75, 3.05) is 45.2 Å². The number of nitrogens with zero attached hydrogens (tertiary/aromatic N) is 3. The maximum Gasteiger partial charge on any atom is 0.270 e. The van der Waals surface area contributed by atoms with Gasteiger partial charge in [-0.2, -0.15) is 11.3 Å². The molecular formula is C18H23N4O3S+. The molecular weight excluding hydrogens is 352 g/mol. The third kappa shape index (κ3) is 4.03. The van der Waals surface area contributed by atoms with Crippen LogP contribution in [-0.4, -0.2) is 56.0 Å². The summed E-state index contributed by atoms with van der Waals surface area (Å²) in [6.07, 6.45) is 0. The monoisotopic (exact) mass is 375 g/mol. The summed E-state index contributed by atoms with van der Waals surface area (Å²) >= 11 is 1.70. The van der Waals surface area contributed by atoms with E-state index in [0.29, 0.717) is 24.3 Å². The van der Waals surface area contributed by atoms with E-state index in [0.717, 1.165) is 19.6 Å². The van der Waals surface area contributed by atoms with Crippen LogP contribution < -0.4 is 9.80 Å². The van der Waals surface area contributed by atoms with Gasteiger partial charge in [-0.25, -0.2) is 0 Å². The summed E-state index contributed by atoms with van der Waals surface area (Å²) < 4.78 is 0. The second-order valence-electron chi connectivity index (χ2n) is 6.70. The van der Waals surface area contributed by atoms with E-state index in [-0.39, 0.29) is 11.6 Å². The Morgan fingerprint density at radius 2 is 2.04 bits per heavy atom. The van der Waals surface area contributed by atoms with Crippen LogP contribution in [-0.2, 0) is 6.54 Å². The van der Waals surface area contributed by atoms with Crippen molar-refractivity contribution in [2.24, 2.45) is 0 Å². The normalized spacial score (nSPS) is 15.1. The summed E-state index contributed by atoms with van der Waals surface area (Å²) in [4.78, 5) is 28.7. The van der Waals surface area contributed by atoms with E-state index < -0.39 is 4.92 Å². The lowest BCUT2D eigenvalue weighted by Crippen LogP contribution is -3.13. The summed E-state index contributed by atoms with van der Waals surface area (Å²) in [5.74, 6) is -0.132. The number of carbonyl (C=O) groups is 1. The molecule has 1 fully saturated rings. The Kier molecular flexibility index (Phi) is 5.53. The van der Waals surface area contributed by atoms with Gasteiger partial charge < -0.3 is 14.7 Å². The number of hydrogen-bond donors (Lipinski definition) is 1. The molecule has 0 radical (unpaired) electrons. The Hall–Kier alpha value is -2.45. The van der Waals surface area contributed by atoms with Gasteiger partial charge in [0.1, 0.15) is 6.54 Å². The molecule has 0 bridgehead atoms. The number of anilines is 1. The number of carbonyl (C=O) groups excluding carboxylic acids is 1. The maximum absolute atomic E-state index is 13.0. The highest BCUT2D eigenvalue weighted by Crippen LogP contribution is 2.25. The largest absolute Gasteiger partial charge is 0.377 e. The van der Waals surface area contributed by atoms with E-state index in [1.807, 2.05) is 23.9 Å². The zero-order valence-electron chi connectivity index (χ0n) is 15.0. The van der Waals surface area contributed by atoms with Crippen LogP contribution in [0.15, 0.2) is 35.0 Å². The molecule has 26 heavy (non-hydrogen) atoms. The van der Waals surface area contributed by atoms with Gasteiger partial charge in [0.15, 0.2) is 0 Å². The van der Waals surface area contributed by atoms with Gasteiger partial charge in [-0.15, -0.1) is 0 Å². The lowest BCUT2D eigenvalue weighted by Gasteiger charge is -2.32. The fourth-order valence-corrected chi connectivity index (χ4v) is 3.92. The van der Waals surface area contributed by atoms with Crippen LogP contribution in [0.5, 0.6) is 0 Å². The Bertz CT molecular complexity index is 784. The van der Waals surface area contributed by atoms with Crippen molar-refractivity contribution in [3.8, 4) is 0 Å². The number of nitro benzene ring substituents is 1. The van der Waals surface area contributed by atoms with Crippen LogP contribution in [0.25, 0.3) is 0 Å². The van der Waals surface area contributed by atoms with Gasteiger partial charge in [0, 0.05) is 37.5 Å². The summed E-state index contributed by atoms with van der Waals surface area (Å²) in [5, 5.41) is 15.3.